The van der Waals surface area contributed by atoms with Crippen LogP contribution in [-0.4, -0.2) is 12.5 Å². The van der Waals surface area contributed by atoms with Crippen molar-refractivity contribution in [2.75, 3.05) is 6.54 Å². The van der Waals surface area contributed by atoms with Gasteiger partial charge in [-0.1, -0.05) is 77.6 Å². The summed E-state index contributed by atoms with van der Waals surface area (Å²) in [4.78, 5) is 11.0. The normalized spacial score (nSPS) is 10.2. The lowest BCUT2D eigenvalue weighted by molar-refractivity contribution is -0.120. The van der Waals surface area contributed by atoms with Crippen LogP contribution in [0.25, 0.3) is 0 Å². The Morgan fingerprint density at radius 3 is 1.75 bits per heavy atom. The van der Waals surface area contributed by atoms with Crippen molar-refractivity contribution in [1.29, 1.82) is 5.26 Å². The lowest BCUT2D eigenvalue weighted by Crippen LogP contribution is -2.23. The Bertz CT molecular complexity index is 258. The first-order chi connectivity index (χ1) is 9.81. The highest BCUT2D eigenvalue weighted by molar-refractivity contribution is 5.77. The second-order valence-corrected chi connectivity index (χ2v) is 5.57. The third-order valence-electron chi connectivity index (χ3n) is 3.59. The molecular formula is C17H32N2O. The Morgan fingerprint density at radius 2 is 1.30 bits per heavy atom. The summed E-state index contributed by atoms with van der Waals surface area (Å²) in [6.07, 6.45) is 15.9. The molecule has 0 aliphatic rings. The van der Waals surface area contributed by atoms with Gasteiger partial charge in [0, 0.05) is 6.54 Å². The number of rotatable bonds is 14. The van der Waals surface area contributed by atoms with Crippen LogP contribution in [0.1, 0.15) is 90.4 Å². The predicted octanol–water partition coefficient (Wildman–Crippen LogP) is 4.72. The summed E-state index contributed by atoms with van der Waals surface area (Å²) in [5.74, 6) is -0.143. The molecule has 0 aliphatic carbocycles. The highest BCUT2D eigenvalue weighted by Gasteiger charge is 1.98. The summed E-state index contributed by atoms with van der Waals surface area (Å²) in [6.45, 7) is 2.98. The maximum Gasteiger partial charge on any atom is 0.234 e. The Kier molecular flexibility index (Phi) is 15.2. The van der Waals surface area contributed by atoms with Gasteiger partial charge >= 0.3 is 0 Å². The molecule has 20 heavy (non-hydrogen) atoms. The van der Waals surface area contributed by atoms with E-state index in [9.17, 15) is 4.79 Å². The molecule has 0 atom stereocenters. The second kappa shape index (κ2) is 16.0. The quantitative estimate of drug-likeness (QED) is 0.468. The highest BCUT2D eigenvalue weighted by atomic mass is 16.1. The molecule has 0 saturated heterocycles. The van der Waals surface area contributed by atoms with Gasteiger partial charge in [-0.05, 0) is 6.42 Å². The van der Waals surface area contributed by atoms with Crippen LogP contribution in [0.4, 0.5) is 0 Å². The van der Waals surface area contributed by atoms with Crippen molar-refractivity contribution < 1.29 is 4.79 Å². The average Bonchev–Trinajstić information content (AvgIpc) is 2.44. The van der Waals surface area contributed by atoms with Crippen molar-refractivity contribution in [2.45, 2.75) is 90.4 Å². The van der Waals surface area contributed by atoms with E-state index >= 15 is 0 Å². The van der Waals surface area contributed by atoms with Gasteiger partial charge in [-0.25, -0.2) is 0 Å². The maximum absolute atomic E-state index is 11.0. The van der Waals surface area contributed by atoms with Crippen molar-refractivity contribution in [3.05, 3.63) is 0 Å². The molecule has 3 heteroatoms. The third kappa shape index (κ3) is 15.0. The molecule has 0 rings (SSSR count). The third-order valence-corrected chi connectivity index (χ3v) is 3.59. The molecule has 0 aromatic rings. The number of amides is 1. The molecule has 0 aromatic heterocycles. The van der Waals surface area contributed by atoms with E-state index in [1.165, 1.54) is 70.6 Å². The number of nitrogens with zero attached hydrogens (tertiary/aromatic N) is 1. The van der Waals surface area contributed by atoms with Crippen LogP contribution in [0.15, 0.2) is 0 Å². The van der Waals surface area contributed by atoms with Crippen LogP contribution < -0.4 is 5.32 Å². The molecule has 0 aliphatic heterocycles. The summed E-state index contributed by atoms with van der Waals surface area (Å²) in [5.41, 5.74) is 0. The fraction of sp³-hybridized carbons (Fsp3) is 0.882. The molecule has 3 nitrogen and oxygen atoms in total. The van der Waals surface area contributed by atoms with E-state index in [0.717, 1.165) is 13.0 Å². The molecular weight excluding hydrogens is 248 g/mol. The van der Waals surface area contributed by atoms with E-state index in [0.29, 0.717) is 0 Å². The molecule has 116 valence electrons. The van der Waals surface area contributed by atoms with E-state index in [1.807, 2.05) is 6.07 Å². The Labute approximate surface area is 125 Å². The number of nitrogens with one attached hydrogen (secondary N) is 1. The molecule has 0 unspecified atom stereocenters. The van der Waals surface area contributed by atoms with Crippen LogP contribution >= 0.6 is 0 Å². The second-order valence-electron chi connectivity index (χ2n) is 5.57. The molecule has 0 radical (unpaired) electrons. The summed E-state index contributed by atoms with van der Waals surface area (Å²) in [5, 5.41) is 11.1. The van der Waals surface area contributed by atoms with Crippen LogP contribution in [0.2, 0.25) is 0 Å². The lowest BCUT2D eigenvalue weighted by Gasteiger charge is -2.04. The fourth-order valence-corrected chi connectivity index (χ4v) is 2.33. The standard InChI is InChI=1S/C17H32N2O/c1-2-3-4-5-6-7-8-9-10-11-12-13-16-19-17(20)14-15-18/h2-14,16H2,1H3,(H,19,20). The van der Waals surface area contributed by atoms with Crippen molar-refractivity contribution in [3.63, 3.8) is 0 Å². The van der Waals surface area contributed by atoms with Crippen molar-refractivity contribution in [2.24, 2.45) is 0 Å². The van der Waals surface area contributed by atoms with Gasteiger partial charge in [0.15, 0.2) is 0 Å². The van der Waals surface area contributed by atoms with Crippen LogP contribution in [0.3, 0.4) is 0 Å². The van der Waals surface area contributed by atoms with Gasteiger partial charge in [0.2, 0.25) is 5.91 Å². The van der Waals surface area contributed by atoms with Gasteiger partial charge in [0.05, 0.1) is 6.07 Å². The van der Waals surface area contributed by atoms with Crippen LogP contribution in [-0.2, 0) is 4.79 Å². The van der Waals surface area contributed by atoms with Gasteiger partial charge in [-0.3, -0.25) is 4.79 Å². The first-order valence-electron chi connectivity index (χ1n) is 8.45. The van der Waals surface area contributed by atoms with Crippen molar-refractivity contribution >= 4 is 5.91 Å². The molecule has 1 amide bonds. The van der Waals surface area contributed by atoms with Crippen molar-refractivity contribution in [1.82, 2.24) is 5.32 Å². The summed E-state index contributed by atoms with van der Waals surface area (Å²) in [6, 6.07) is 1.85. The predicted molar refractivity (Wildman–Crippen MR) is 84.3 cm³/mol. The molecule has 0 fully saturated rings. The molecule has 0 bridgehead atoms. The minimum Gasteiger partial charge on any atom is -0.355 e. The number of carbonyl (C=O) groups is 1. The minimum atomic E-state index is -0.143. The lowest BCUT2D eigenvalue weighted by atomic mass is 10.1. The van der Waals surface area contributed by atoms with E-state index in [1.54, 1.807) is 0 Å². The zero-order chi connectivity index (χ0) is 14.9. The smallest absolute Gasteiger partial charge is 0.234 e. The highest BCUT2D eigenvalue weighted by Crippen LogP contribution is 2.11. The summed E-state index contributed by atoms with van der Waals surface area (Å²) >= 11 is 0. The van der Waals surface area contributed by atoms with E-state index in [-0.39, 0.29) is 12.3 Å². The Balaban J connectivity index is 3.03. The van der Waals surface area contributed by atoms with Gasteiger partial charge in [-0.15, -0.1) is 0 Å². The molecule has 1 N–H and O–H groups in total. The number of hydrogen-bond acceptors (Lipinski definition) is 2. The largest absolute Gasteiger partial charge is 0.355 e. The van der Waals surface area contributed by atoms with Gasteiger partial charge in [-0.2, -0.15) is 5.26 Å². The SMILES string of the molecule is CCCCCCCCCCCCCCNC(=O)CC#N. The molecule has 0 aromatic carbocycles. The van der Waals surface area contributed by atoms with Gasteiger partial charge < -0.3 is 5.32 Å². The van der Waals surface area contributed by atoms with Gasteiger partial charge in [0.25, 0.3) is 0 Å². The van der Waals surface area contributed by atoms with Crippen LogP contribution in [0, 0.1) is 11.3 Å². The summed E-state index contributed by atoms with van der Waals surface area (Å²) < 4.78 is 0. The van der Waals surface area contributed by atoms with E-state index < -0.39 is 0 Å². The number of carbonyl (C=O) groups excluding carboxylic acids is 1. The number of unbranched alkanes of at least 4 members (excludes halogenated alkanes) is 11. The zero-order valence-corrected chi connectivity index (χ0v) is 13.3. The first-order valence-corrected chi connectivity index (χ1v) is 8.45. The molecule has 0 spiro atoms. The number of nitriles is 1. The minimum absolute atomic E-state index is 0.0156. The monoisotopic (exact) mass is 280 g/mol. The molecule has 0 heterocycles. The maximum atomic E-state index is 11.0. The van der Waals surface area contributed by atoms with Gasteiger partial charge in [0.1, 0.15) is 6.42 Å². The molecule has 0 saturated carbocycles. The van der Waals surface area contributed by atoms with E-state index in [2.05, 4.69) is 12.2 Å². The Morgan fingerprint density at radius 1 is 0.850 bits per heavy atom. The summed E-state index contributed by atoms with van der Waals surface area (Å²) in [7, 11) is 0. The van der Waals surface area contributed by atoms with Crippen molar-refractivity contribution in [3.8, 4) is 6.07 Å². The topological polar surface area (TPSA) is 52.9 Å². The first kappa shape index (κ1) is 19.0. The van der Waals surface area contributed by atoms with Crippen LogP contribution in [0.5, 0.6) is 0 Å². The van der Waals surface area contributed by atoms with E-state index in [4.69, 9.17) is 5.26 Å². The zero-order valence-electron chi connectivity index (χ0n) is 13.3. The number of hydrogen-bond donors (Lipinski definition) is 1. The average molecular weight is 280 g/mol. The fourth-order valence-electron chi connectivity index (χ4n) is 2.33. The Hall–Kier alpha value is -1.04.